The highest BCUT2D eigenvalue weighted by molar-refractivity contribution is 5.85. The van der Waals surface area contributed by atoms with Crippen LogP contribution in [-0.4, -0.2) is 71.5 Å². The molecule has 7 nitrogen and oxygen atoms in total. The van der Waals surface area contributed by atoms with Crippen LogP contribution in [-0.2, 0) is 14.4 Å². The molecule has 0 spiro atoms. The Kier molecular flexibility index (Phi) is 9.36. The van der Waals surface area contributed by atoms with Gasteiger partial charge >= 0.3 is 5.97 Å². The van der Waals surface area contributed by atoms with Crippen molar-refractivity contribution in [1.82, 2.24) is 15.1 Å². The Labute approximate surface area is 126 Å². The number of rotatable bonds is 10. The number of likely N-dealkylation sites (N-methyl/N-ethyl adjacent to an activating group) is 2. The zero-order chi connectivity index (χ0) is 16.4. The molecule has 0 saturated heterocycles. The minimum atomic E-state index is -0.885. The van der Waals surface area contributed by atoms with Crippen molar-refractivity contribution < 1.29 is 19.5 Å². The summed E-state index contributed by atoms with van der Waals surface area (Å²) < 4.78 is 0. The molecule has 0 aliphatic rings. The number of aliphatic carboxylic acids is 1. The first-order chi connectivity index (χ1) is 9.79. The molecular formula is C14H27N3O4. The lowest BCUT2D eigenvalue weighted by molar-refractivity contribution is -0.139. The predicted octanol–water partition coefficient (Wildman–Crippen LogP) is 0.156. The van der Waals surface area contributed by atoms with Crippen LogP contribution < -0.4 is 5.32 Å². The lowest BCUT2D eigenvalue weighted by Gasteiger charge is -2.25. The highest BCUT2D eigenvalue weighted by atomic mass is 16.4. The van der Waals surface area contributed by atoms with E-state index in [1.807, 2.05) is 27.7 Å². The summed E-state index contributed by atoms with van der Waals surface area (Å²) in [5.74, 6) is -1.23. The smallest absolute Gasteiger partial charge is 0.304 e. The summed E-state index contributed by atoms with van der Waals surface area (Å²) in [5.41, 5.74) is 0. The third kappa shape index (κ3) is 9.01. The average molecular weight is 301 g/mol. The highest BCUT2D eigenvalue weighted by Crippen LogP contribution is 1.97. The van der Waals surface area contributed by atoms with Crippen LogP contribution in [0.15, 0.2) is 0 Å². The van der Waals surface area contributed by atoms with Gasteiger partial charge in [0.1, 0.15) is 0 Å². The van der Waals surface area contributed by atoms with E-state index in [9.17, 15) is 14.4 Å². The van der Waals surface area contributed by atoms with Gasteiger partial charge < -0.3 is 15.3 Å². The van der Waals surface area contributed by atoms with E-state index in [0.717, 1.165) is 0 Å². The standard InChI is InChI=1S/C14H27N3O4/c1-5-16(8-7-14(20)21)10-13(19)17(6-2)9-12(18)15-11(3)4/h11H,5-10H2,1-4H3,(H,15,18)(H,20,21). The number of carbonyl (C=O) groups is 3. The van der Waals surface area contributed by atoms with Crippen LogP contribution >= 0.6 is 0 Å². The molecule has 21 heavy (non-hydrogen) atoms. The van der Waals surface area contributed by atoms with Crippen molar-refractivity contribution in [3.63, 3.8) is 0 Å². The molecule has 0 aliphatic heterocycles. The van der Waals surface area contributed by atoms with Crippen molar-refractivity contribution in [2.24, 2.45) is 0 Å². The SMILES string of the molecule is CCN(CCC(=O)O)CC(=O)N(CC)CC(=O)NC(C)C. The van der Waals surface area contributed by atoms with Crippen LogP contribution in [0.5, 0.6) is 0 Å². The van der Waals surface area contributed by atoms with Gasteiger partial charge in [-0.3, -0.25) is 19.3 Å². The molecule has 122 valence electrons. The summed E-state index contributed by atoms with van der Waals surface area (Å²) >= 11 is 0. The van der Waals surface area contributed by atoms with E-state index in [4.69, 9.17) is 5.11 Å². The maximum absolute atomic E-state index is 12.2. The molecule has 0 aromatic carbocycles. The number of carbonyl (C=O) groups excluding carboxylic acids is 2. The number of nitrogens with one attached hydrogen (secondary N) is 1. The Bertz CT molecular complexity index is 358. The Morgan fingerprint density at radius 2 is 1.71 bits per heavy atom. The van der Waals surface area contributed by atoms with Gasteiger partial charge in [0.25, 0.3) is 0 Å². The third-order valence-corrected chi connectivity index (χ3v) is 2.97. The Hall–Kier alpha value is -1.63. The van der Waals surface area contributed by atoms with Crippen molar-refractivity contribution in [2.45, 2.75) is 40.2 Å². The first-order valence-electron chi connectivity index (χ1n) is 7.31. The monoisotopic (exact) mass is 301 g/mol. The van der Waals surface area contributed by atoms with Crippen molar-refractivity contribution in [1.29, 1.82) is 0 Å². The molecule has 0 aromatic rings. The molecule has 2 amide bonds. The summed E-state index contributed by atoms with van der Waals surface area (Å²) in [6.07, 6.45) is 0.00107. The number of carboxylic acids is 1. The molecule has 0 heterocycles. The molecule has 0 atom stereocenters. The van der Waals surface area contributed by atoms with Gasteiger partial charge in [-0.1, -0.05) is 6.92 Å². The average Bonchev–Trinajstić information content (AvgIpc) is 2.39. The number of hydrogen-bond acceptors (Lipinski definition) is 4. The van der Waals surface area contributed by atoms with E-state index in [1.165, 1.54) is 4.90 Å². The molecule has 0 fully saturated rings. The molecule has 0 unspecified atom stereocenters. The fraction of sp³-hybridized carbons (Fsp3) is 0.786. The second-order valence-electron chi connectivity index (χ2n) is 5.14. The van der Waals surface area contributed by atoms with Gasteiger partial charge in [-0.2, -0.15) is 0 Å². The van der Waals surface area contributed by atoms with E-state index in [-0.39, 0.29) is 37.4 Å². The molecule has 0 aliphatic carbocycles. The second kappa shape index (κ2) is 10.1. The molecule has 0 aromatic heterocycles. The zero-order valence-corrected chi connectivity index (χ0v) is 13.4. The van der Waals surface area contributed by atoms with Crippen LogP contribution in [0.4, 0.5) is 0 Å². The van der Waals surface area contributed by atoms with E-state index in [2.05, 4.69) is 5.32 Å². The summed E-state index contributed by atoms with van der Waals surface area (Å²) in [7, 11) is 0. The number of carboxylic acid groups (broad SMARTS) is 1. The quantitative estimate of drug-likeness (QED) is 0.600. The van der Waals surface area contributed by atoms with Gasteiger partial charge in [-0.05, 0) is 27.3 Å². The summed E-state index contributed by atoms with van der Waals surface area (Å²) in [5, 5.41) is 11.4. The second-order valence-corrected chi connectivity index (χ2v) is 5.14. The fourth-order valence-electron chi connectivity index (χ4n) is 1.81. The van der Waals surface area contributed by atoms with Gasteiger partial charge in [-0.15, -0.1) is 0 Å². The maximum Gasteiger partial charge on any atom is 0.304 e. The van der Waals surface area contributed by atoms with Gasteiger partial charge in [0, 0.05) is 19.1 Å². The van der Waals surface area contributed by atoms with Crippen LogP contribution in [0.25, 0.3) is 0 Å². The summed E-state index contributed by atoms with van der Waals surface area (Å²) in [4.78, 5) is 37.7. The number of nitrogens with zero attached hydrogens (tertiary/aromatic N) is 2. The summed E-state index contributed by atoms with van der Waals surface area (Å²) in [6, 6.07) is 0.0361. The van der Waals surface area contributed by atoms with E-state index in [1.54, 1.807) is 4.90 Å². The molecule has 7 heteroatoms. The van der Waals surface area contributed by atoms with E-state index in [0.29, 0.717) is 19.6 Å². The molecule has 0 radical (unpaired) electrons. The van der Waals surface area contributed by atoms with Crippen molar-refractivity contribution >= 4 is 17.8 Å². The van der Waals surface area contributed by atoms with Crippen LogP contribution in [0.3, 0.4) is 0 Å². The third-order valence-electron chi connectivity index (χ3n) is 2.97. The maximum atomic E-state index is 12.2. The molecule has 0 rings (SSSR count). The Morgan fingerprint density at radius 1 is 1.10 bits per heavy atom. The number of hydrogen-bond donors (Lipinski definition) is 2. The lowest BCUT2D eigenvalue weighted by Crippen LogP contribution is -2.46. The summed E-state index contributed by atoms with van der Waals surface area (Å²) in [6.45, 7) is 8.94. The topological polar surface area (TPSA) is 90.0 Å². The molecule has 0 saturated carbocycles. The van der Waals surface area contributed by atoms with Gasteiger partial charge in [-0.25, -0.2) is 0 Å². The van der Waals surface area contributed by atoms with Crippen LogP contribution in [0.2, 0.25) is 0 Å². The van der Waals surface area contributed by atoms with Crippen molar-refractivity contribution in [3.05, 3.63) is 0 Å². The minimum Gasteiger partial charge on any atom is -0.481 e. The first kappa shape index (κ1) is 19.4. The molecule has 2 N–H and O–H groups in total. The van der Waals surface area contributed by atoms with Crippen molar-refractivity contribution in [2.75, 3.05) is 32.7 Å². The van der Waals surface area contributed by atoms with E-state index < -0.39 is 5.97 Å². The molecular weight excluding hydrogens is 274 g/mol. The minimum absolute atomic E-state index is 0.00107. The fourth-order valence-corrected chi connectivity index (χ4v) is 1.81. The van der Waals surface area contributed by atoms with Gasteiger partial charge in [0.15, 0.2) is 0 Å². The zero-order valence-electron chi connectivity index (χ0n) is 13.4. The van der Waals surface area contributed by atoms with Gasteiger partial charge in [0.05, 0.1) is 19.5 Å². The van der Waals surface area contributed by atoms with Gasteiger partial charge in [0.2, 0.25) is 11.8 Å². The lowest BCUT2D eigenvalue weighted by atomic mass is 10.3. The Morgan fingerprint density at radius 3 is 2.14 bits per heavy atom. The molecule has 0 bridgehead atoms. The predicted molar refractivity (Wildman–Crippen MR) is 79.9 cm³/mol. The Balaban J connectivity index is 4.41. The van der Waals surface area contributed by atoms with Crippen molar-refractivity contribution in [3.8, 4) is 0 Å². The first-order valence-corrected chi connectivity index (χ1v) is 7.31. The normalized spacial score (nSPS) is 10.8. The highest BCUT2D eigenvalue weighted by Gasteiger charge is 2.18. The van der Waals surface area contributed by atoms with Crippen LogP contribution in [0, 0.1) is 0 Å². The number of amides is 2. The van der Waals surface area contributed by atoms with Crippen LogP contribution in [0.1, 0.15) is 34.1 Å². The largest absolute Gasteiger partial charge is 0.481 e. The van der Waals surface area contributed by atoms with E-state index >= 15 is 0 Å².